The third-order valence-corrected chi connectivity index (χ3v) is 2.68. The summed E-state index contributed by atoms with van der Waals surface area (Å²) in [6.07, 6.45) is -0.448. The highest BCUT2D eigenvalue weighted by Gasteiger charge is 2.14. The molecule has 1 unspecified atom stereocenters. The van der Waals surface area contributed by atoms with Gasteiger partial charge in [-0.2, -0.15) is 0 Å². The van der Waals surface area contributed by atoms with Crippen molar-refractivity contribution in [2.24, 2.45) is 5.92 Å². The number of carbonyl (C=O) groups excluding carboxylic acids is 1. The zero-order valence-electron chi connectivity index (χ0n) is 11.1. The SMILES string of the molecule is CC(C)CC(O)CNC(=O)Cc1c(F)cccc1F. The summed E-state index contributed by atoms with van der Waals surface area (Å²) in [7, 11) is 0. The molecular formula is C14H19F2NO2. The predicted molar refractivity (Wildman–Crippen MR) is 68.5 cm³/mol. The minimum atomic E-state index is -0.738. The topological polar surface area (TPSA) is 49.3 Å². The molecule has 1 aromatic rings. The molecule has 0 fully saturated rings. The minimum absolute atomic E-state index is 0.0904. The van der Waals surface area contributed by atoms with Gasteiger partial charge in [0.15, 0.2) is 0 Å². The molecule has 0 aliphatic rings. The summed E-state index contributed by atoms with van der Waals surface area (Å²) in [5.41, 5.74) is -0.252. The third kappa shape index (κ3) is 5.34. The van der Waals surface area contributed by atoms with Crippen LogP contribution in [0.2, 0.25) is 0 Å². The van der Waals surface area contributed by atoms with Crippen LogP contribution in [0.4, 0.5) is 8.78 Å². The van der Waals surface area contributed by atoms with Crippen LogP contribution >= 0.6 is 0 Å². The molecule has 0 radical (unpaired) electrons. The maximum Gasteiger partial charge on any atom is 0.224 e. The van der Waals surface area contributed by atoms with Crippen LogP contribution in [-0.2, 0) is 11.2 Å². The van der Waals surface area contributed by atoms with Crippen molar-refractivity contribution in [2.75, 3.05) is 6.54 Å². The molecule has 1 aromatic carbocycles. The fraction of sp³-hybridized carbons (Fsp3) is 0.500. The van der Waals surface area contributed by atoms with E-state index in [2.05, 4.69) is 5.32 Å². The van der Waals surface area contributed by atoms with E-state index in [0.29, 0.717) is 12.3 Å². The van der Waals surface area contributed by atoms with Gasteiger partial charge in [-0.05, 0) is 24.5 Å². The number of benzene rings is 1. The largest absolute Gasteiger partial charge is 0.391 e. The highest BCUT2D eigenvalue weighted by Crippen LogP contribution is 2.12. The Morgan fingerprint density at radius 2 is 1.89 bits per heavy atom. The van der Waals surface area contributed by atoms with E-state index in [1.165, 1.54) is 6.07 Å². The number of amides is 1. The van der Waals surface area contributed by atoms with E-state index in [1.54, 1.807) is 0 Å². The van der Waals surface area contributed by atoms with Crippen molar-refractivity contribution in [3.63, 3.8) is 0 Å². The van der Waals surface area contributed by atoms with Crippen molar-refractivity contribution >= 4 is 5.91 Å². The maximum atomic E-state index is 13.3. The lowest BCUT2D eigenvalue weighted by Crippen LogP contribution is -2.34. The Labute approximate surface area is 111 Å². The lowest BCUT2D eigenvalue weighted by atomic mass is 10.1. The van der Waals surface area contributed by atoms with Gasteiger partial charge in [-0.25, -0.2) is 8.78 Å². The van der Waals surface area contributed by atoms with Crippen molar-refractivity contribution in [1.29, 1.82) is 0 Å². The van der Waals surface area contributed by atoms with E-state index in [0.717, 1.165) is 12.1 Å². The van der Waals surface area contributed by atoms with Gasteiger partial charge in [0.2, 0.25) is 5.91 Å². The average molecular weight is 271 g/mol. The number of rotatable bonds is 6. The maximum absolute atomic E-state index is 13.3. The molecule has 0 bridgehead atoms. The van der Waals surface area contributed by atoms with Crippen molar-refractivity contribution in [1.82, 2.24) is 5.32 Å². The van der Waals surface area contributed by atoms with Gasteiger partial charge in [0, 0.05) is 12.1 Å². The van der Waals surface area contributed by atoms with Crippen molar-refractivity contribution in [3.8, 4) is 0 Å². The third-order valence-electron chi connectivity index (χ3n) is 2.68. The van der Waals surface area contributed by atoms with Crippen LogP contribution in [0.15, 0.2) is 18.2 Å². The second-order valence-electron chi connectivity index (χ2n) is 4.96. The Kier molecular flexibility index (Phi) is 5.89. The molecule has 0 saturated carbocycles. The van der Waals surface area contributed by atoms with Gasteiger partial charge in [-0.3, -0.25) is 4.79 Å². The van der Waals surface area contributed by atoms with E-state index in [-0.39, 0.29) is 18.5 Å². The van der Waals surface area contributed by atoms with Gasteiger partial charge >= 0.3 is 0 Å². The van der Waals surface area contributed by atoms with Crippen molar-refractivity contribution in [3.05, 3.63) is 35.4 Å². The first-order valence-electron chi connectivity index (χ1n) is 6.27. The summed E-state index contributed by atoms with van der Waals surface area (Å²) in [6.45, 7) is 4.01. The number of hydrogen-bond acceptors (Lipinski definition) is 2. The second kappa shape index (κ2) is 7.19. The van der Waals surface area contributed by atoms with E-state index < -0.39 is 23.6 Å². The first-order valence-corrected chi connectivity index (χ1v) is 6.27. The number of aliphatic hydroxyl groups is 1. The van der Waals surface area contributed by atoms with Gasteiger partial charge in [0.1, 0.15) is 11.6 Å². The number of aliphatic hydroxyl groups excluding tert-OH is 1. The van der Waals surface area contributed by atoms with Crippen molar-refractivity contribution < 1.29 is 18.7 Å². The van der Waals surface area contributed by atoms with Gasteiger partial charge in [0.05, 0.1) is 12.5 Å². The molecule has 0 aliphatic carbocycles. The second-order valence-corrected chi connectivity index (χ2v) is 4.96. The molecule has 106 valence electrons. The van der Waals surface area contributed by atoms with Crippen LogP contribution < -0.4 is 5.32 Å². The highest BCUT2D eigenvalue weighted by atomic mass is 19.1. The molecule has 0 aromatic heterocycles. The molecule has 0 spiro atoms. The molecule has 0 heterocycles. The molecule has 19 heavy (non-hydrogen) atoms. The quantitative estimate of drug-likeness (QED) is 0.831. The van der Waals surface area contributed by atoms with Gasteiger partial charge in [-0.15, -0.1) is 0 Å². The van der Waals surface area contributed by atoms with Crippen LogP contribution in [0.1, 0.15) is 25.8 Å². The average Bonchev–Trinajstić information content (AvgIpc) is 2.30. The molecule has 1 atom stereocenters. The molecule has 2 N–H and O–H groups in total. The minimum Gasteiger partial charge on any atom is -0.391 e. The lowest BCUT2D eigenvalue weighted by molar-refractivity contribution is -0.121. The molecule has 5 heteroatoms. The fourth-order valence-corrected chi connectivity index (χ4v) is 1.78. The molecule has 0 saturated heterocycles. The zero-order valence-corrected chi connectivity index (χ0v) is 11.1. The number of halogens is 2. The lowest BCUT2D eigenvalue weighted by Gasteiger charge is -2.14. The first-order chi connectivity index (χ1) is 8.90. The summed E-state index contributed by atoms with van der Waals surface area (Å²) >= 11 is 0. The zero-order chi connectivity index (χ0) is 14.4. The summed E-state index contributed by atoms with van der Waals surface area (Å²) in [6, 6.07) is 3.47. The highest BCUT2D eigenvalue weighted by molar-refractivity contribution is 5.78. The van der Waals surface area contributed by atoms with E-state index >= 15 is 0 Å². The monoisotopic (exact) mass is 271 g/mol. The molecule has 3 nitrogen and oxygen atoms in total. The molecule has 1 amide bonds. The van der Waals surface area contributed by atoms with Crippen LogP contribution in [-0.4, -0.2) is 23.7 Å². The molecule has 1 rings (SSSR count). The predicted octanol–water partition coefficient (Wildman–Crippen LogP) is 2.03. The Hall–Kier alpha value is -1.49. The van der Waals surface area contributed by atoms with Gasteiger partial charge < -0.3 is 10.4 Å². The summed E-state index contributed by atoms with van der Waals surface area (Å²) in [5.74, 6) is -1.67. The Morgan fingerprint density at radius 1 is 1.32 bits per heavy atom. The summed E-state index contributed by atoms with van der Waals surface area (Å²) in [5, 5.41) is 12.0. The van der Waals surface area contributed by atoms with E-state index in [1.807, 2.05) is 13.8 Å². The number of nitrogens with one attached hydrogen (secondary N) is 1. The molecule has 0 aliphatic heterocycles. The normalized spacial score (nSPS) is 12.5. The smallest absolute Gasteiger partial charge is 0.224 e. The van der Waals surface area contributed by atoms with E-state index in [4.69, 9.17) is 0 Å². The van der Waals surface area contributed by atoms with Crippen LogP contribution in [0, 0.1) is 17.6 Å². The number of hydrogen-bond donors (Lipinski definition) is 2. The Balaban J connectivity index is 2.48. The first kappa shape index (κ1) is 15.6. The van der Waals surface area contributed by atoms with Crippen LogP contribution in [0.5, 0.6) is 0 Å². The summed E-state index contributed by atoms with van der Waals surface area (Å²) < 4.78 is 26.6. The van der Waals surface area contributed by atoms with Crippen molar-refractivity contribution in [2.45, 2.75) is 32.8 Å². The fourth-order valence-electron chi connectivity index (χ4n) is 1.78. The number of carbonyl (C=O) groups is 1. The Morgan fingerprint density at radius 3 is 2.42 bits per heavy atom. The van der Waals surface area contributed by atoms with Gasteiger partial charge in [0.25, 0.3) is 0 Å². The molecular weight excluding hydrogens is 252 g/mol. The standard InChI is InChI=1S/C14H19F2NO2/c1-9(2)6-10(18)8-17-14(19)7-11-12(15)4-3-5-13(11)16/h3-5,9-10,18H,6-8H2,1-2H3,(H,17,19). The summed E-state index contributed by atoms with van der Waals surface area (Å²) in [4.78, 5) is 11.6. The van der Waals surface area contributed by atoms with Crippen LogP contribution in [0.3, 0.4) is 0 Å². The Bertz CT molecular complexity index is 415. The van der Waals surface area contributed by atoms with E-state index in [9.17, 15) is 18.7 Å². The van der Waals surface area contributed by atoms with Crippen LogP contribution in [0.25, 0.3) is 0 Å². The van der Waals surface area contributed by atoms with Gasteiger partial charge in [-0.1, -0.05) is 19.9 Å².